The van der Waals surface area contributed by atoms with Gasteiger partial charge in [0.2, 0.25) is 0 Å². The van der Waals surface area contributed by atoms with E-state index in [2.05, 4.69) is 10.3 Å². The van der Waals surface area contributed by atoms with E-state index in [4.69, 9.17) is 21.1 Å². The average molecular weight is 405 g/mol. The predicted octanol–water partition coefficient (Wildman–Crippen LogP) is 2.41. The van der Waals surface area contributed by atoms with E-state index < -0.39 is 30.5 Å². The van der Waals surface area contributed by atoms with Gasteiger partial charge in [-0.2, -0.15) is 0 Å². The zero-order chi connectivity index (χ0) is 20.7. The molecule has 2 rings (SSSR count). The van der Waals surface area contributed by atoms with Crippen LogP contribution in [0.5, 0.6) is 0 Å². The highest BCUT2D eigenvalue weighted by molar-refractivity contribution is 6.32. The van der Waals surface area contributed by atoms with Crippen molar-refractivity contribution in [3.8, 4) is 0 Å². The first kappa shape index (κ1) is 21.4. The molecule has 1 amide bonds. The second-order valence-electron chi connectivity index (χ2n) is 6.16. The van der Waals surface area contributed by atoms with E-state index in [9.17, 15) is 14.4 Å². The molecule has 1 N–H and O–H groups in total. The quantitative estimate of drug-likeness (QED) is 0.562. The molecule has 2 aromatic rings. The summed E-state index contributed by atoms with van der Waals surface area (Å²) >= 11 is 6.01. The van der Waals surface area contributed by atoms with Gasteiger partial charge in [-0.15, -0.1) is 0 Å². The number of aryl methyl sites for hydroxylation is 2. The van der Waals surface area contributed by atoms with Crippen molar-refractivity contribution in [3.63, 3.8) is 0 Å². The monoisotopic (exact) mass is 404 g/mol. The normalized spacial score (nSPS) is 11.4. The van der Waals surface area contributed by atoms with Gasteiger partial charge in [-0.3, -0.25) is 4.79 Å². The summed E-state index contributed by atoms with van der Waals surface area (Å²) in [5.41, 5.74) is 2.22. The Morgan fingerprint density at radius 2 is 1.86 bits per heavy atom. The molecular weight excluding hydrogens is 384 g/mol. The van der Waals surface area contributed by atoms with Gasteiger partial charge in [-0.1, -0.05) is 41.9 Å². The highest BCUT2D eigenvalue weighted by atomic mass is 35.5. The van der Waals surface area contributed by atoms with Gasteiger partial charge in [0.05, 0.1) is 12.7 Å². The van der Waals surface area contributed by atoms with Crippen LogP contribution >= 0.6 is 11.6 Å². The third-order valence-corrected chi connectivity index (χ3v) is 4.22. The molecule has 0 spiro atoms. The van der Waals surface area contributed by atoms with Crippen LogP contribution in [0.4, 0.5) is 0 Å². The minimum atomic E-state index is -0.898. The van der Waals surface area contributed by atoms with Crippen molar-refractivity contribution in [1.82, 2.24) is 10.3 Å². The molecule has 148 valence electrons. The van der Waals surface area contributed by atoms with Crippen molar-refractivity contribution in [2.45, 2.75) is 26.3 Å². The Kier molecular flexibility index (Phi) is 7.52. The van der Waals surface area contributed by atoms with Crippen molar-refractivity contribution in [3.05, 3.63) is 63.9 Å². The maximum atomic E-state index is 12.3. The highest BCUT2D eigenvalue weighted by Crippen LogP contribution is 2.19. The molecule has 0 radical (unpaired) electrons. The lowest BCUT2D eigenvalue weighted by atomic mass is 10.1. The second-order valence-corrected chi connectivity index (χ2v) is 6.51. The third-order valence-electron chi connectivity index (χ3n) is 3.94. The van der Waals surface area contributed by atoms with Crippen LogP contribution in [-0.2, 0) is 25.5 Å². The number of ether oxygens (including phenoxy) is 2. The predicted molar refractivity (Wildman–Crippen MR) is 103 cm³/mol. The van der Waals surface area contributed by atoms with E-state index in [-0.39, 0.29) is 17.1 Å². The lowest BCUT2D eigenvalue weighted by Crippen LogP contribution is -2.44. The summed E-state index contributed by atoms with van der Waals surface area (Å²) in [6.45, 7) is 2.89. The number of hydrogen-bond acceptors (Lipinski definition) is 6. The van der Waals surface area contributed by atoms with Crippen molar-refractivity contribution in [2.24, 2.45) is 0 Å². The summed E-state index contributed by atoms with van der Waals surface area (Å²) in [6.07, 6.45) is 0.250. The molecule has 1 aromatic carbocycles. The fourth-order valence-corrected chi connectivity index (χ4v) is 3.02. The van der Waals surface area contributed by atoms with Gasteiger partial charge in [0.25, 0.3) is 5.91 Å². The van der Waals surface area contributed by atoms with Crippen molar-refractivity contribution < 1.29 is 23.9 Å². The smallest absolute Gasteiger partial charge is 0.342 e. The number of rotatable bonds is 7. The second kappa shape index (κ2) is 9.85. The van der Waals surface area contributed by atoms with Gasteiger partial charge in [0, 0.05) is 12.1 Å². The fourth-order valence-electron chi connectivity index (χ4n) is 2.66. The number of halogens is 1. The van der Waals surface area contributed by atoms with Gasteiger partial charge in [-0.25, -0.2) is 14.6 Å². The third kappa shape index (κ3) is 5.79. The number of pyridine rings is 1. The number of amides is 1. The van der Waals surface area contributed by atoms with E-state index in [1.165, 1.54) is 7.11 Å². The Hall–Kier alpha value is -2.93. The summed E-state index contributed by atoms with van der Waals surface area (Å²) in [6, 6.07) is 9.96. The molecule has 0 saturated heterocycles. The molecule has 7 nitrogen and oxygen atoms in total. The standard InChI is InChI=1S/C20H21ClN2O5/c1-12-9-13(2)22-18(21)17(12)20(26)28-11-16(24)23-15(19(25)27-3)10-14-7-5-4-6-8-14/h4-9,15H,10-11H2,1-3H3,(H,23,24)/t15-/m0/s1. The number of methoxy groups -OCH3 is 1. The average Bonchev–Trinajstić information content (AvgIpc) is 2.65. The van der Waals surface area contributed by atoms with Gasteiger partial charge in [0.15, 0.2) is 6.61 Å². The SMILES string of the molecule is COC(=O)[C@H](Cc1ccccc1)NC(=O)COC(=O)c1c(C)cc(C)nc1Cl. The number of benzene rings is 1. The van der Waals surface area contributed by atoms with Crippen LogP contribution in [0.3, 0.4) is 0 Å². The summed E-state index contributed by atoms with van der Waals surface area (Å²) in [4.78, 5) is 40.4. The summed E-state index contributed by atoms with van der Waals surface area (Å²) in [5.74, 6) is -1.98. The Balaban J connectivity index is 1.99. The number of nitrogens with zero attached hydrogens (tertiary/aromatic N) is 1. The number of hydrogen-bond donors (Lipinski definition) is 1. The van der Waals surface area contributed by atoms with E-state index in [1.807, 2.05) is 30.3 Å². The number of carbonyl (C=O) groups excluding carboxylic acids is 3. The molecule has 8 heteroatoms. The van der Waals surface area contributed by atoms with Crippen LogP contribution < -0.4 is 5.32 Å². The Bertz CT molecular complexity index is 847. The molecule has 28 heavy (non-hydrogen) atoms. The largest absolute Gasteiger partial charge is 0.467 e. The van der Waals surface area contributed by atoms with Crippen LogP contribution in [0.25, 0.3) is 0 Å². The lowest BCUT2D eigenvalue weighted by Gasteiger charge is -2.17. The number of esters is 2. The molecule has 0 aliphatic carbocycles. The van der Waals surface area contributed by atoms with Gasteiger partial charge < -0.3 is 14.8 Å². The van der Waals surface area contributed by atoms with E-state index in [0.717, 1.165) is 5.56 Å². The number of aromatic nitrogens is 1. The Morgan fingerprint density at radius 1 is 1.18 bits per heavy atom. The summed E-state index contributed by atoms with van der Waals surface area (Å²) in [7, 11) is 1.24. The lowest BCUT2D eigenvalue weighted by molar-refractivity contribution is -0.145. The number of carbonyl (C=O) groups is 3. The van der Waals surface area contributed by atoms with Gasteiger partial charge in [-0.05, 0) is 31.0 Å². The molecule has 0 unspecified atom stereocenters. The molecule has 0 saturated carbocycles. The maximum absolute atomic E-state index is 12.3. The molecular formula is C20H21ClN2O5. The van der Waals surface area contributed by atoms with E-state index in [1.54, 1.807) is 19.9 Å². The minimum Gasteiger partial charge on any atom is -0.467 e. The van der Waals surface area contributed by atoms with Crippen molar-refractivity contribution in [1.29, 1.82) is 0 Å². The highest BCUT2D eigenvalue weighted by Gasteiger charge is 2.23. The van der Waals surface area contributed by atoms with Gasteiger partial charge in [0.1, 0.15) is 11.2 Å². The van der Waals surface area contributed by atoms with Crippen LogP contribution in [0.1, 0.15) is 27.2 Å². The molecule has 0 fully saturated rings. The van der Waals surface area contributed by atoms with Crippen LogP contribution in [-0.4, -0.2) is 42.6 Å². The molecule has 0 aliphatic heterocycles. The van der Waals surface area contributed by atoms with Gasteiger partial charge >= 0.3 is 11.9 Å². The Morgan fingerprint density at radius 3 is 2.46 bits per heavy atom. The first-order valence-corrected chi connectivity index (χ1v) is 8.91. The fraction of sp³-hybridized carbons (Fsp3) is 0.300. The summed E-state index contributed by atoms with van der Waals surface area (Å²) < 4.78 is 9.76. The van der Waals surface area contributed by atoms with Crippen molar-refractivity contribution in [2.75, 3.05) is 13.7 Å². The molecule has 0 bridgehead atoms. The zero-order valence-electron chi connectivity index (χ0n) is 15.8. The Labute approximate surface area is 168 Å². The molecule has 1 atom stereocenters. The van der Waals surface area contributed by atoms with Crippen LogP contribution in [0.15, 0.2) is 36.4 Å². The molecule has 0 aliphatic rings. The van der Waals surface area contributed by atoms with Crippen LogP contribution in [0.2, 0.25) is 5.15 Å². The first-order chi connectivity index (χ1) is 13.3. The first-order valence-electron chi connectivity index (χ1n) is 8.53. The van der Waals surface area contributed by atoms with Crippen molar-refractivity contribution >= 4 is 29.4 Å². The minimum absolute atomic E-state index is 0.0134. The zero-order valence-corrected chi connectivity index (χ0v) is 16.6. The van der Waals surface area contributed by atoms with E-state index >= 15 is 0 Å². The maximum Gasteiger partial charge on any atom is 0.342 e. The topological polar surface area (TPSA) is 94.6 Å². The van der Waals surface area contributed by atoms with Crippen LogP contribution in [0, 0.1) is 13.8 Å². The number of nitrogens with one attached hydrogen (secondary N) is 1. The summed E-state index contributed by atoms with van der Waals surface area (Å²) in [5, 5.41) is 2.54. The molecule has 1 aromatic heterocycles. The molecule has 1 heterocycles. The van der Waals surface area contributed by atoms with E-state index in [0.29, 0.717) is 11.3 Å².